The van der Waals surface area contributed by atoms with Crippen LogP contribution in [0.2, 0.25) is 0 Å². The van der Waals surface area contributed by atoms with Gasteiger partial charge in [-0.25, -0.2) is 0 Å². The van der Waals surface area contributed by atoms with Gasteiger partial charge in [-0.05, 0) is 37.6 Å². The Morgan fingerprint density at radius 1 is 1.33 bits per heavy atom. The van der Waals surface area contributed by atoms with E-state index in [1.54, 1.807) is 0 Å². The summed E-state index contributed by atoms with van der Waals surface area (Å²) in [6.07, 6.45) is 4.99. The second kappa shape index (κ2) is 3.56. The van der Waals surface area contributed by atoms with E-state index in [-0.39, 0.29) is 0 Å². The summed E-state index contributed by atoms with van der Waals surface area (Å²) in [7, 11) is 0. The number of nitrogens with one attached hydrogen (secondary N) is 1. The first-order chi connectivity index (χ1) is 5.85. The fraction of sp³-hybridized carbons (Fsp3) is 1.00. The molecule has 0 atom stereocenters. The van der Waals surface area contributed by atoms with Crippen LogP contribution in [-0.4, -0.2) is 43.2 Å². The van der Waals surface area contributed by atoms with Crippen molar-refractivity contribution in [2.24, 2.45) is 5.41 Å². The highest BCUT2D eigenvalue weighted by atomic mass is 32.2. The van der Waals surface area contributed by atoms with Crippen molar-refractivity contribution in [3.8, 4) is 0 Å². The van der Waals surface area contributed by atoms with E-state index in [1.165, 1.54) is 44.9 Å². The Balaban J connectivity index is 1.77. The first-order valence-corrected chi connectivity index (χ1v) is 6.16. The Hall–Kier alpha value is 0.270. The van der Waals surface area contributed by atoms with Gasteiger partial charge in [0.25, 0.3) is 0 Å². The number of likely N-dealkylation sites (tertiary alicyclic amines) is 1. The molecular weight excluding hydrogens is 168 g/mol. The molecule has 2 saturated heterocycles. The van der Waals surface area contributed by atoms with Gasteiger partial charge in [0, 0.05) is 19.0 Å². The lowest BCUT2D eigenvalue weighted by Crippen LogP contribution is -2.59. The van der Waals surface area contributed by atoms with Crippen molar-refractivity contribution in [3.63, 3.8) is 0 Å². The monoisotopic (exact) mass is 186 g/mol. The molecule has 0 bridgehead atoms. The lowest BCUT2D eigenvalue weighted by atomic mass is 9.73. The van der Waals surface area contributed by atoms with Gasteiger partial charge in [0.2, 0.25) is 0 Å². The van der Waals surface area contributed by atoms with Gasteiger partial charge < -0.3 is 5.32 Å². The predicted molar refractivity (Wildman–Crippen MR) is 54.5 cm³/mol. The van der Waals surface area contributed by atoms with Crippen molar-refractivity contribution in [2.45, 2.75) is 12.8 Å². The van der Waals surface area contributed by atoms with E-state index in [9.17, 15) is 0 Å². The summed E-state index contributed by atoms with van der Waals surface area (Å²) in [5.74, 6) is 1.23. The van der Waals surface area contributed by atoms with Crippen LogP contribution in [0.3, 0.4) is 0 Å². The number of rotatable bonds is 2. The van der Waals surface area contributed by atoms with Crippen molar-refractivity contribution in [2.75, 3.05) is 38.3 Å². The second-order valence-electron chi connectivity index (χ2n) is 4.15. The Labute approximate surface area is 79.1 Å². The van der Waals surface area contributed by atoms with Gasteiger partial charge in [-0.1, -0.05) is 0 Å². The van der Waals surface area contributed by atoms with Crippen LogP contribution < -0.4 is 5.32 Å². The summed E-state index contributed by atoms with van der Waals surface area (Å²) in [5.41, 5.74) is 0.723. The Morgan fingerprint density at radius 3 is 2.58 bits per heavy atom. The van der Waals surface area contributed by atoms with Gasteiger partial charge in [0.05, 0.1) is 0 Å². The zero-order valence-electron chi connectivity index (χ0n) is 7.81. The molecule has 1 spiro atoms. The molecule has 2 aliphatic heterocycles. The lowest BCUT2D eigenvalue weighted by molar-refractivity contribution is -0.00835. The molecule has 0 amide bonds. The van der Waals surface area contributed by atoms with Crippen LogP contribution in [0, 0.1) is 5.41 Å². The average Bonchev–Trinajstić information content (AvgIpc) is 2.04. The Bertz CT molecular complexity index is 147. The predicted octanol–water partition coefficient (Wildman–Crippen LogP) is 0.992. The normalized spacial score (nSPS) is 28.8. The van der Waals surface area contributed by atoms with Gasteiger partial charge in [0.15, 0.2) is 0 Å². The molecule has 70 valence electrons. The smallest absolute Gasteiger partial charge is 0.0441 e. The Kier molecular flexibility index (Phi) is 2.63. The molecule has 0 radical (unpaired) electrons. The van der Waals surface area contributed by atoms with E-state index in [2.05, 4.69) is 16.5 Å². The van der Waals surface area contributed by atoms with Crippen molar-refractivity contribution in [3.05, 3.63) is 0 Å². The molecule has 2 nitrogen and oxygen atoms in total. The zero-order valence-corrected chi connectivity index (χ0v) is 8.62. The third-order valence-electron chi connectivity index (χ3n) is 3.09. The summed E-state index contributed by atoms with van der Waals surface area (Å²) >= 11 is 1.94. The number of piperidine rings is 1. The van der Waals surface area contributed by atoms with E-state index < -0.39 is 0 Å². The van der Waals surface area contributed by atoms with Crippen LogP contribution in [0.5, 0.6) is 0 Å². The van der Waals surface area contributed by atoms with E-state index in [0.717, 1.165) is 5.41 Å². The maximum Gasteiger partial charge on any atom is 0.0441 e. The highest BCUT2D eigenvalue weighted by Crippen LogP contribution is 2.38. The number of hydrogen-bond acceptors (Lipinski definition) is 3. The molecule has 12 heavy (non-hydrogen) atoms. The third kappa shape index (κ3) is 1.63. The van der Waals surface area contributed by atoms with Gasteiger partial charge >= 0.3 is 0 Å². The minimum Gasteiger partial charge on any atom is -0.317 e. The molecular formula is C9H18N2S. The standard InChI is InChI=1S/C9H18N2S/c1-12-8-11-6-9(7-11)2-4-10-5-3-9/h10H,2-8H2,1H3. The lowest BCUT2D eigenvalue weighted by Gasteiger charge is -2.52. The highest BCUT2D eigenvalue weighted by molar-refractivity contribution is 7.98. The van der Waals surface area contributed by atoms with Gasteiger partial charge in [-0.3, -0.25) is 4.90 Å². The first-order valence-electron chi connectivity index (χ1n) is 4.77. The third-order valence-corrected chi connectivity index (χ3v) is 3.72. The summed E-state index contributed by atoms with van der Waals surface area (Å²) in [4.78, 5) is 2.57. The average molecular weight is 186 g/mol. The van der Waals surface area contributed by atoms with Crippen LogP contribution in [-0.2, 0) is 0 Å². The molecule has 2 rings (SSSR count). The van der Waals surface area contributed by atoms with Gasteiger partial charge in [-0.15, -0.1) is 11.8 Å². The largest absolute Gasteiger partial charge is 0.317 e. The molecule has 1 N–H and O–H groups in total. The maximum absolute atomic E-state index is 3.43. The second-order valence-corrected chi connectivity index (χ2v) is 4.99. The molecule has 3 heteroatoms. The molecule has 0 aromatic carbocycles. The summed E-state index contributed by atoms with van der Waals surface area (Å²) < 4.78 is 0. The van der Waals surface area contributed by atoms with Crippen molar-refractivity contribution < 1.29 is 0 Å². The first kappa shape index (κ1) is 8.85. The van der Waals surface area contributed by atoms with Crippen molar-refractivity contribution in [1.29, 1.82) is 0 Å². The molecule has 0 aromatic rings. The van der Waals surface area contributed by atoms with Crippen LogP contribution in [0.15, 0.2) is 0 Å². The molecule has 0 unspecified atom stereocenters. The fourth-order valence-electron chi connectivity index (χ4n) is 2.45. The SMILES string of the molecule is CSCN1CC2(CCNCC2)C1. The molecule has 0 aromatic heterocycles. The van der Waals surface area contributed by atoms with E-state index in [4.69, 9.17) is 0 Å². The van der Waals surface area contributed by atoms with Crippen LogP contribution in [0.25, 0.3) is 0 Å². The van der Waals surface area contributed by atoms with Crippen LogP contribution in [0.4, 0.5) is 0 Å². The molecule has 0 saturated carbocycles. The molecule has 2 fully saturated rings. The number of nitrogens with zero attached hydrogens (tertiary/aromatic N) is 1. The number of thioether (sulfide) groups is 1. The minimum atomic E-state index is 0.723. The zero-order chi connectivity index (χ0) is 8.44. The van der Waals surface area contributed by atoms with Crippen LogP contribution >= 0.6 is 11.8 Å². The molecule has 0 aliphatic carbocycles. The fourth-order valence-corrected chi connectivity index (χ4v) is 3.00. The van der Waals surface area contributed by atoms with E-state index >= 15 is 0 Å². The van der Waals surface area contributed by atoms with E-state index in [1.807, 2.05) is 11.8 Å². The highest BCUT2D eigenvalue weighted by Gasteiger charge is 2.42. The quantitative estimate of drug-likeness (QED) is 0.692. The van der Waals surface area contributed by atoms with Gasteiger partial charge in [0.1, 0.15) is 0 Å². The molecule has 2 heterocycles. The van der Waals surface area contributed by atoms with Crippen LogP contribution in [0.1, 0.15) is 12.8 Å². The summed E-state index contributed by atoms with van der Waals surface area (Å²) in [6, 6.07) is 0. The number of hydrogen-bond donors (Lipinski definition) is 1. The summed E-state index contributed by atoms with van der Waals surface area (Å²) in [6.45, 7) is 5.20. The maximum atomic E-state index is 3.43. The topological polar surface area (TPSA) is 15.3 Å². The van der Waals surface area contributed by atoms with Crippen molar-refractivity contribution >= 4 is 11.8 Å². The minimum absolute atomic E-state index is 0.723. The Morgan fingerprint density at radius 2 is 2.00 bits per heavy atom. The molecule has 2 aliphatic rings. The summed E-state index contributed by atoms with van der Waals surface area (Å²) in [5, 5.41) is 3.43. The van der Waals surface area contributed by atoms with E-state index in [0.29, 0.717) is 0 Å². The van der Waals surface area contributed by atoms with Gasteiger partial charge in [-0.2, -0.15) is 0 Å². The van der Waals surface area contributed by atoms with Crippen molar-refractivity contribution in [1.82, 2.24) is 10.2 Å².